The number of piperidine rings is 1. The molecular weight excluding hydrogens is 266 g/mol. The topological polar surface area (TPSA) is 12.0 Å². The van der Waals surface area contributed by atoms with Crippen molar-refractivity contribution in [3.05, 3.63) is 0 Å². The van der Waals surface area contributed by atoms with Gasteiger partial charge in [0.2, 0.25) is 0 Å². The second-order valence-corrected chi connectivity index (χ2v) is 7.58. The Balaban J connectivity index is 1.68. The zero-order valence-electron chi connectivity index (χ0n) is 15.5. The number of rotatable bonds is 15. The molecule has 1 N–H and O–H groups in total. The predicted octanol–water partition coefficient (Wildman–Crippen LogP) is 6.86. The summed E-state index contributed by atoms with van der Waals surface area (Å²) in [6.07, 6.45) is 25.0. The molecule has 0 radical (unpaired) electrons. The maximum absolute atomic E-state index is 3.47. The van der Waals surface area contributed by atoms with Gasteiger partial charge in [-0.25, -0.2) is 0 Å². The summed E-state index contributed by atoms with van der Waals surface area (Å²) in [4.78, 5) is 0. The molecule has 1 heterocycles. The van der Waals surface area contributed by atoms with Gasteiger partial charge in [0.05, 0.1) is 0 Å². The molecule has 0 aromatic rings. The van der Waals surface area contributed by atoms with Gasteiger partial charge in [0.25, 0.3) is 0 Å². The van der Waals surface area contributed by atoms with E-state index in [0.717, 1.165) is 5.92 Å². The standard InChI is InChI=1S/C21H43N/c1-2-3-4-5-6-7-8-9-10-11-12-13-14-15-16-21-17-19-22-20-18-21/h21-22H,2-20H2,1H3. The molecule has 0 spiro atoms. The molecule has 1 saturated heterocycles. The van der Waals surface area contributed by atoms with E-state index in [-0.39, 0.29) is 0 Å². The van der Waals surface area contributed by atoms with Crippen LogP contribution in [-0.2, 0) is 0 Å². The molecular formula is C21H43N. The van der Waals surface area contributed by atoms with Crippen LogP contribution in [0.3, 0.4) is 0 Å². The zero-order chi connectivity index (χ0) is 15.7. The van der Waals surface area contributed by atoms with Crippen molar-refractivity contribution in [3.63, 3.8) is 0 Å². The van der Waals surface area contributed by atoms with E-state index in [2.05, 4.69) is 12.2 Å². The highest BCUT2D eigenvalue weighted by Gasteiger charge is 2.11. The van der Waals surface area contributed by atoms with Gasteiger partial charge in [-0.3, -0.25) is 0 Å². The monoisotopic (exact) mass is 309 g/mol. The second-order valence-electron chi connectivity index (χ2n) is 7.58. The van der Waals surface area contributed by atoms with E-state index in [4.69, 9.17) is 0 Å². The maximum atomic E-state index is 3.47. The van der Waals surface area contributed by atoms with E-state index in [9.17, 15) is 0 Å². The lowest BCUT2D eigenvalue weighted by atomic mass is 9.92. The van der Waals surface area contributed by atoms with Gasteiger partial charge < -0.3 is 5.32 Å². The van der Waals surface area contributed by atoms with E-state index in [1.165, 1.54) is 122 Å². The number of unbranched alkanes of at least 4 members (excludes halogenated alkanes) is 13. The summed E-state index contributed by atoms with van der Waals surface area (Å²) < 4.78 is 0. The van der Waals surface area contributed by atoms with Gasteiger partial charge in [0.1, 0.15) is 0 Å². The molecule has 0 bridgehead atoms. The van der Waals surface area contributed by atoms with E-state index < -0.39 is 0 Å². The molecule has 1 nitrogen and oxygen atoms in total. The van der Waals surface area contributed by atoms with Crippen LogP contribution in [0.25, 0.3) is 0 Å². The van der Waals surface area contributed by atoms with Crippen molar-refractivity contribution in [2.45, 2.75) is 116 Å². The first-order valence-electron chi connectivity index (χ1n) is 10.6. The molecule has 0 aliphatic carbocycles. The van der Waals surface area contributed by atoms with Crippen molar-refractivity contribution in [1.82, 2.24) is 5.32 Å². The zero-order valence-corrected chi connectivity index (χ0v) is 15.5. The van der Waals surface area contributed by atoms with Crippen LogP contribution < -0.4 is 5.32 Å². The van der Waals surface area contributed by atoms with Crippen molar-refractivity contribution in [3.8, 4) is 0 Å². The summed E-state index contributed by atoms with van der Waals surface area (Å²) in [7, 11) is 0. The first-order chi connectivity index (χ1) is 10.9. The van der Waals surface area contributed by atoms with Crippen LogP contribution in [0, 0.1) is 5.92 Å². The van der Waals surface area contributed by atoms with Gasteiger partial charge in [0.15, 0.2) is 0 Å². The van der Waals surface area contributed by atoms with Crippen molar-refractivity contribution < 1.29 is 0 Å². The Hall–Kier alpha value is -0.0400. The molecule has 1 heteroatoms. The lowest BCUT2D eigenvalue weighted by Crippen LogP contribution is -2.27. The van der Waals surface area contributed by atoms with Crippen LogP contribution in [0.5, 0.6) is 0 Å². The molecule has 132 valence electrons. The van der Waals surface area contributed by atoms with Crippen LogP contribution in [0.15, 0.2) is 0 Å². The quantitative estimate of drug-likeness (QED) is 0.326. The summed E-state index contributed by atoms with van der Waals surface area (Å²) in [5.74, 6) is 1.04. The summed E-state index contributed by atoms with van der Waals surface area (Å²) >= 11 is 0. The summed E-state index contributed by atoms with van der Waals surface area (Å²) in [6, 6.07) is 0. The van der Waals surface area contributed by atoms with Gasteiger partial charge in [-0.1, -0.05) is 103 Å². The highest BCUT2D eigenvalue weighted by molar-refractivity contribution is 4.68. The third-order valence-electron chi connectivity index (χ3n) is 5.42. The molecule has 0 saturated carbocycles. The van der Waals surface area contributed by atoms with Gasteiger partial charge in [-0.05, 0) is 31.8 Å². The SMILES string of the molecule is CCCCCCCCCCCCCCCCC1CCNCC1. The Kier molecular flexibility index (Phi) is 14.4. The van der Waals surface area contributed by atoms with Crippen molar-refractivity contribution >= 4 is 0 Å². The van der Waals surface area contributed by atoms with Crippen LogP contribution in [0.2, 0.25) is 0 Å². The minimum Gasteiger partial charge on any atom is -0.317 e. The van der Waals surface area contributed by atoms with Crippen molar-refractivity contribution in [2.75, 3.05) is 13.1 Å². The van der Waals surface area contributed by atoms with Gasteiger partial charge in [-0.2, -0.15) is 0 Å². The van der Waals surface area contributed by atoms with Crippen molar-refractivity contribution in [2.24, 2.45) is 5.92 Å². The molecule has 0 unspecified atom stereocenters. The average Bonchev–Trinajstić information content (AvgIpc) is 2.56. The van der Waals surface area contributed by atoms with Gasteiger partial charge in [-0.15, -0.1) is 0 Å². The first kappa shape index (κ1) is 20.0. The Morgan fingerprint density at radius 3 is 1.45 bits per heavy atom. The molecule has 22 heavy (non-hydrogen) atoms. The number of nitrogens with one attached hydrogen (secondary N) is 1. The van der Waals surface area contributed by atoms with E-state index in [1.807, 2.05) is 0 Å². The minimum absolute atomic E-state index is 1.04. The van der Waals surface area contributed by atoms with Gasteiger partial charge >= 0.3 is 0 Å². The fraction of sp³-hybridized carbons (Fsp3) is 1.00. The third-order valence-corrected chi connectivity index (χ3v) is 5.42. The fourth-order valence-corrected chi connectivity index (χ4v) is 3.80. The van der Waals surface area contributed by atoms with E-state index in [0.29, 0.717) is 0 Å². The average molecular weight is 310 g/mol. The third kappa shape index (κ3) is 12.5. The highest BCUT2D eigenvalue weighted by Crippen LogP contribution is 2.20. The molecule has 1 aliphatic rings. The minimum atomic E-state index is 1.04. The molecule has 0 aromatic heterocycles. The Bertz CT molecular complexity index is 208. The molecule has 1 aliphatic heterocycles. The van der Waals surface area contributed by atoms with Crippen LogP contribution in [0.4, 0.5) is 0 Å². The van der Waals surface area contributed by atoms with Crippen LogP contribution >= 0.6 is 0 Å². The van der Waals surface area contributed by atoms with E-state index >= 15 is 0 Å². The highest BCUT2D eigenvalue weighted by atomic mass is 14.9. The molecule has 0 amide bonds. The Morgan fingerprint density at radius 2 is 1.00 bits per heavy atom. The first-order valence-corrected chi connectivity index (χ1v) is 10.6. The maximum Gasteiger partial charge on any atom is -0.00463 e. The summed E-state index contributed by atoms with van der Waals surface area (Å²) in [5.41, 5.74) is 0. The number of hydrogen-bond acceptors (Lipinski definition) is 1. The lowest BCUT2D eigenvalue weighted by Gasteiger charge is -2.22. The molecule has 1 rings (SSSR count). The summed E-state index contributed by atoms with van der Waals surface area (Å²) in [6.45, 7) is 4.83. The Labute approximate surface area is 141 Å². The molecule has 0 atom stereocenters. The number of hydrogen-bond donors (Lipinski definition) is 1. The van der Waals surface area contributed by atoms with Crippen molar-refractivity contribution in [1.29, 1.82) is 0 Å². The molecule has 1 fully saturated rings. The second kappa shape index (κ2) is 15.8. The fourth-order valence-electron chi connectivity index (χ4n) is 3.80. The van der Waals surface area contributed by atoms with Crippen LogP contribution in [0.1, 0.15) is 116 Å². The summed E-state index contributed by atoms with van der Waals surface area (Å²) in [5, 5.41) is 3.47. The predicted molar refractivity (Wildman–Crippen MR) is 101 cm³/mol. The van der Waals surface area contributed by atoms with E-state index in [1.54, 1.807) is 0 Å². The van der Waals surface area contributed by atoms with Gasteiger partial charge in [0, 0.05) is 0 Å². The Morgan fingerprint density at radius 1 is 0.591 bits per heavy atom. The molecule has 0 aromatic carbocycles. The normalized spacial score (nSPS) is 16.2. The smallest absolute Gasteiger partial charge is 0.00463 e. The lowest BCUT2D eigenvalue weighted by molar-refractivity contribution is 0.342. The van der Waals surface area contributed by atoms with Crippen LogP contribution in [-0.4, -0.2) is 13.1 Å². The largest absolute Gasteiger partial charge is 0.317 e.